The van der Waals surface area contributed by atoms with Crippen LogP contribution in [0.4, 0.5) is 11.4 Å². The number of hydrogen-bond acceptors (Lipinski definition) is 5. The second kappa shape index (κ2) is 9.38. The molecule has 0 saturated carbocycles. The molecular formula is C26H23ClN2O4. The van der Waals surface area contributed by atoms with Gasteiger partial charge in [0.15, 0.2) is 0 Å². The highest BCUT2D eigenvalue weighted by atomic mass is 35.5. The molecule has 0 saturated heterocycles. The van der Waals surface area contributed by atoms with Crippen molar-refractivity contribution in [2.45, 2.75) is 13.8 Å². The van der Waals surface area contributed by atoms with Crippen LogP contribution >= 0.6 is 11.6 Å². The average molecular weight is 463 g/mol. The number of ether oxygens (including phenoxy) is 2. The highest BCUT2D eigenvalue weighted by molar-refractivity contribution is 6.46. The fourth-order valence-corrected chi connectivity index (χ4v) is 3.85. The summed E-state index contributed by atoms with van der Waals surface area (Å²) in [5.41, 5.74) is 2.88. The number of rotatable bonds is 7. The molecule has 33 heavy (non-hydrogen) atoms. The lowest BCUT2D eigenvalue weighted by Gasteiger charge is -2.18. The van der Waals surface area contributed by atoms with Crippen molar-refractivity contribution >= 4 is 40.4 Å². The van der Waals surface area contributed by atoms with Gasteiger partial charge in [0.25, 0.3) is 11.8 Å². The van der Waals surface area contributed by atoms with Gasteiger partial charge in [0.1, 0.15) is 17.2 Å². The Balaban J connectivity index is 1.82. The highest BCUT2D eigenvalue weighted by Crippen LogP contribution is 2.36. The fourth-order valence-electron chi connectivity index (χ4n) is 3.69. The summed E-state index contributed by atoms with van der Waals surface area (Å²) in [5.74, 6) is 0.419. The van der Waals surface area contributed by atoms with E-state index in [0.29, 0.717) is 40.1 Å². The van der Waals surface area contributed by atoms with Crippen molar-refractivity contribution in [1.29, 1.82) is 0 Å². The second-order valence-electron chi connectivity index (χ2n) is 7.44. The molecule has 0 fully saturated rings. The van der Waals surface area contributed by atoms with Crippen LogP contribution in [0.25, 0.3) is 5.57 Å². The first-order valence-corrected chi connectivity index (χ1v) is 10.8. The predicted molar refractivity (Wildman–Crippen MR) is 130 cm³/mol. The summed E-state index contributed by atoms with van der Waals surface area (Å²) in [6.45, 7) is 4.24. The van der Waals surface area contributed by atoms with Crippen LogP contribution in [0, 0.1) is 6.92 Å². The SMILES string of the molecule is CCOc1cccc(NC2=C(c3ccc(OC)cc3)C(=O)N(c3cc(Cl)ccc3C)C2=O)c1. The number of nitrogens with zero attached hydrogens (tertiary/aromatic N) is 1. The number of halogens is 1. The number of imide groups is 1. The first kappa shape index (κ1) is 22.4. The van der Waals surface area contributed by atoms with Gasteiger partial charge in [-0.3, -0.25) is 9.59 Å². The molecule has 0 spiro atoms. The summed E-state index contributed by atoms with van der Waals surface area (Å²) in [5, 5.41) is 3.59. The minimum Gasteiger partial charge on any atom is -0.497 e. The Morgan fingerprint density at radius 1 is 0.939 bits per heavy atom. The highest BCUT2D eigenvalue weighted by Gasteiger charge is 2.41. The first-order valence-electron chi connectivity index (χ1n) is 10.5. The molecule has 0 radical (unpaired) electrons. The Morgan fingerprint density at radius 3 is 2.39 bits per heavy atom. The predicted octanol–water partition coefficient (Wildman–Crippen LogP) is 5.45. The molecule has 6 nitrogen and oxygen atoms in total. The first-order chi connectivity index (χ1) is 15.9. The Kier molecular flexibility index (Phi) is 6.38. The number of carbonyl (C=O) groups excluding carboxylic acids is 2. The zero-order valence-corrected chi connectivity index (χ0v) is 19.3. The molecule has 4 rings (SSSR count). The van der Waals surface area contributed by atoms with E-state index < -0.39 is 11.8 Å². The van der Waals surface area contributed by atoms with Gasteiger partial charge >= 0.3 is 0 Å². The van der Waals surface area contributed by atoms with E-state index in [4.69, 9.17) is 21.1 Å². The van der Waals surface area contributed by atoms with Crippen molar-refractivity contribution < 1.29 is 19.1 Å². The van der Waals surface area contributed by atoms with Gasteiger partial charge in [-0.15, -0.1) is 0 Å². The van der Waals surface area contributed by atoms with E-state index in [1.165, 1.54) is 0 Å². The molecule has 3 aromatic rings. The second-order valence-corrected chi connectivity index (χ2v) is 7.88. The van der Waals surface area contributed by atoms with Crippen LogP contribution in [0.3, 0.4) is 0 Å². The minimum absolute atomic E-state index is 0.179. The van der Waals surface area contributed by atoms with Gasteiger partial charge in [0.2, 0.25) is 0 Å². The Hall–Kier alpha value is -3.77. The average Bonchev–Trinajstić information content (AvgIpc) is 3.05. The van der Waals surface area contributed by atoms with Crippen LogP contribution in [0.15, 0.2) is 72.4 Å². The van der Waals surface area contributed by atoms with Crippen molar-refractivity contribution in [1.82, 2.24) is 0 Å². The van der Waals surface area contributed by atoms with Crippen molar-refractivity contribution in [3.05, 3.63) is 88.6 Å². The number of nitrogens with one attached hydrogen (secondary N) is 1. The van der Waals surface area contributed by atoms with E-state index in [9.17, 15) is 9.59 Å². The zero-order chi connectivity index (χ0) is 23.5. The quantitative estimate of drug-likeness (QED) is 0.473. The molecule has 7 heteroatoms. The molecule has 2 amide bonds. The van der Waals surface area contributed by atoms with Crippen molar-refractivity contribution in [2.75, 3.05) is 23.9 Å². The van der Waals surface area contributed by atoms with Crippen LogP contribution in [-0.2, 0) is 9.59 Å². The van der Waals surface area contributed by atoms with Crippen LogP contribution in [0.2, 0.25) is 5.02 Å². The minimum atomic E-state index is -0.460. The van der Waals surface area contributed by atoms with E-state index in [-0.39, 0.29) is 11.3 Å². The van der Waals surface area contributed by atoms with Gasteiger partial charge in [0, 0.05) is 16.8 Å². The van der Waals surface area contributed by atoms with E-state index in [0.717, 1.165) is 10.5 Å². The zero-order valence-electron chi connectivity index (χ0n) is 18.5. The topological polar surface area (TPSA) is 67.9 Å². The van der Waals surface area contributed by atoms with Crippen molar-refractivity contribution in [2.24, 2.45) is 0 Å². The summed E-state index contributed by atoms with van der Waals surface area (Å²) in [6, 6.07) is 19.4. The lowest BCUT2D eigenvalue weighted by Crippen LogP contribution is -2.33. The summed E-state index contributed by atoms with van der Waals surface area (Å²) in [7, 11) is 1.57. The maximum atomic E-state index is 13.6. The molecule has 0 bridgehead atoms. The summed E-state index contributed by atoms with van der Waals surface area (Å²) < 4.78 is 10.8. The molecule has 1 aliphatic heterocycles. The summed E-state index contributed by atoms with van der Waals surface area (Å²) in [4.78, 5) is 28.4. The van der Waals surface area contributed by atoms with E-state index in [2.05, 4.69) is 5.32 Å². The number of anilines is 2. The molecule has 0 unspecified atom stereocenters. The third-order valence-electron chi connectivity index (χ3n) is 5.29. The number of methoxy groups -OCH3 is 1. The molecule has 3 aromatic carbocycles. The third kappa shape index (κ3) is 4.43. The van der Waals surface area contributed by atoms with Gasteiger partial charge in [-0.05, 0) is 61.4 Å². The van der Waals surface area contributed by atoms with E-state index in [1.54, 1.807) is 55.6 Å². The van der Waals surface area contributed by atoms with Crippen LogP contribution in [-0.4, -0.2) is 25.5 Å². The fraction of sp³-hybridized carbons (Fsp3) is 0.154. The monoisotopic (exact) mass is 462 g/mol. The van der Waals surface area contributed by atoms with Gasteiger partial charge in [-0.2, -0.15) is 0 Å². The van der Waals surface area contributed by atoms with E-state index >= 15 is 0 Å². The Morgan fingerprint density at radius 2 is 1.70 bits per heavy atom. The van der Waals surface area contributed by atoms with Crippen molar-refractivity contribution in [3.63, 3.8) is 0 Å². The molecule has 0 aromatic heterocycles. The molecule has 1 aliphatic rings. The maximum absolute atomic E-state index is 13.6. The van der Waals surface area contributed by atoms with Gasteiger partial charge in [0.05, 0.1) is 25.0 Å². The van der Waals surface area contributed by atoms with Crippen LogP contribution in [0.1, 0.15) is 18.1 Å². The molecule has 0 atom stereocenters. The third-order valence-corrected chi connectivity index (χ3v) is 5.52. The standard InChI is InChI=1S/C26H23ClN2O4/c1-4-33-21-7-5-6-19(15-21)28-24-23(17-9-12-20(32-3)13-10-17)25(30)29(26(24)31)22-14-18(27)11-8-16(22)2/h5-15,28H,4H2,1-3H3. The summed E-state index contributed by atoms with van der Waals surface area (Å²) in [6.07, 6.45) is 0. The van der Waals surface area contributed by atoms with Gasteiger partial charge < -0.3 is 14.8 Å². The molecule has 168 valence electrons. The molecular weight excluding hydrogens is 440 g/mol. The number of hydrogen-bond donors (Lipinski definition) is 1. The number of aryl methyl sites for hydroxylation is 1. The lowest BCUT2D eigenvalue weighted by molar-refractivity contribution is -0.120. The van der Waals surface area contributed by atoms with Crippen molar-refractivity contribution in [3.8, 4) is 11.5 Å². The molecule has 1 heterocycles. The van der Waals surface area contributed by atoms with Crippen LogP contribution < -0.4 is 19.7 Å². The number of carbonyl (C=O) groups is 2. The lowest BCUT2D eigenvalue weighted by atomic mass is 10.0. The van der Waals surface area contributed by atoms with Gasteiger partial charge in [-0.25, -0.2) is 4.90 Å². The Labute approximate surface area is 197 Å². The smallest absolute Gasteiger partial charge is 0.282 e. The largest absolute Gasteiger partial charge is 0.497 e. The number of amides is 2. The normalized spacial score (nSPS) is 13.5. The van der Waals surface area contributed by atoms with Gasteiger partial charge in [-0.1, -0.05) is 35.9 Å². The van der Waals surface area contributed by atoms with E-state index in [1.807, 2.05) is 32.0 Å². The maximum Gasteiger partial charge on any atom is 0.282 e. The Bertz CT molecular complexity index is 1250. The summed E-state index contributed by atoms with van der Waals surface area (Å²) >= 11 is 6.18. The molecule has 1 N–H and O–H groups in total. The van der Waals surface area contributed by atoms with Crippen LogP contribution in [0.5, 0.6) is 11.5 Å². The number of benzene rings is 3. The molecule has 0 aliphatic carbocycles.